The summed E-state index contributed by atoms with van der Waals surface area (Å²) in [6.45, 7) is 0. The fourth-order valence-electron chi connectivity index (χ4n) is 2.80. The van der Waals surface area contributed by atoms with Crippen LogP contribution in [0.1, 0.15) is 22.3 Å². The summed E-state index contributed by atoms with van der Waals surface area (Å²) in [4.78, 5) is -0.266. The van der Waals surface area contributed by atoms with Crippen LogP contribution >= 0.6 is 0 Å². The highest BCUT2D eigenvalue weighted by Crippen LogP contribution is 2.17. The molecular weight excluding hydrogens is 400 g/mol. The third kappa shape index (κ3) is 5.26. The average molecular weight is 418 g/mol. The molecule has 28 heavy (non-hydrogen) atoms. The minimum atomic E-state index is -4.19. The largest absolute Gasteiger partial charge is 0.294 e. The standard InChI is InChI=1S/C20H18O6S2/c21-27(22,23)19-9-5-17(6-10-19)13-15-1-2-16(4-3-15)14-18-7-11-20(12-8-18)28(24,25)26/h1-12H,13-14H2,(H,21,22,23)(H,24,25,26). The van der Waals surface area contributed by atoms with Gasteiger partial charge in [0.2, 0.25) is 0 Å². The molecule has 3 aromatic carbocycles. The van der Waals surface area contributed by atoms with Crippen LogP contribution in [0.4, 0.5) is 0 Å². The van der Waals surface area contributed by atoms with E-state index >= 15 is 0 Å². The van der Waals surface area contributed by atoms with E-state index in [2.05, 4.69) is 0 Å². The first-order chi connectivity index (χ1) is 13.1. The van der Waals surface area contributed by atoms with Crippen molar-refractivity contribution in [1.82, 2.24) is 0 Å². The molecule has 6 nitrogen and oxygen atoms in total. The van der Waals surface area contributed by atoms with Crippen molar-refractivity contribution in [3.63, 3.8) is 0 Å². The summed E-state index contributed by atoms with van der Waals surface area (Å²) in [5.74, 6) is 0. The Morgan fingerprint density at radius 1 is 0.464 bits per heavy atom. The summed E-state index contributed by atoms with van der Waals surface area (Å²) in [7, 11) is -8.37. The summed E-state index contributed by atoms with van der Waals surface area (Å²) in [6.07, 6.45) is 1.24. The van der Waals surface area contributed by atoms with Gasteiger partial charge in [-0.15, -0.1) is 0 Å². The van der Waals surface area contributed by atoms with Gasteiger partial charge in [-0.1, -0.05) is 48.5 Å². The van der Waals surface area contributed by atoms with Crippen molar-refractivity contribution in [2.45, 2.75) is 22.6 Å². The fraction of sp³-hybridized carbons (Fsp3) is 0.100. The zero-order chi connectivity index (χ0) is 20.4. The maximum atomic E-state index is 11.1. The maximum Gasteiger partial charge on any atom is 0.294 e. The van der Waals surface area contributed by atoms with E-state index in [9.17, 15) is 16.8 Å². The van der Waals surface area contributed by atoms with Crippen molar-refractivity contribution in [3.8, 4) is 0 Å². The lowest BCUT2D eigenvalue weighted by Gasteiger charge is -2.06. The summed E-state index contributed by atoms with van der Waals surface area (Å²) in [5.41, 5.74) is 3.93. The van der Waals surface area contributed by atoms with Crippen molar-refractivity contribution in [2.24, 2.45) is 0 Å². The van der Waals surface area contributed by atoms with E-state index in [1.807, 2.05) is 24.3 Å². The van der Waals surface area contributed by atoms with Crippen LogP contribution < -0.4 is 0 Å². The highest BCUT2D eigenvalue weighted by Gasteiger charge is 2.09. The van der Waals surface area contributed by atoms with Gasteiger partial charge in [-0.2, -0.15) is 16.8 Å². The normalized spacial score (nSPS) is 12.1. The van der Waals surface area contributed by atoms with Crippen LogP contribution in [0.25, 0.3) is 0 Å². The molecule has 0 atom stereocenters. The topological polar surface area (TPSA) is 109 Å². The van der Waals surface area contributed by atoms with Crippen LogP contribution in [0.15, 0.2) is 82.6 Å². The Kier molecular flexibility index (Phi) is 5.66. The van der Waals surface area contributed by atoms with Crippen molar-refractivity contribution in [2.75, 3.05) is 0 Å². The molecule has 0 aromatic heterocycles. The summed E-state index contributed by atoms with van der Waals surface area (Å²) >= 11 is 0. The Morgan fingerprint density at radius 3 is 0.893 bits per heavy atom. The molecule has 3 rings (SSSR count). The van der Waals surface area contributed by atoms with Gasteiger partial charge in [0.05, 0.1) is 9.79 Å². The molecule has 0 radical (unpaired) electrons. The quantitative estimate of drug-likeness (QED) is 0.594. The van der Waals surface area contributed by atoms with Crippen LogP contribution in [0, 0.1) is 0 Å². The zero-order valence-electron chi connectivity index (χ0n) is 14.7. The Labute approximate surface area is 164 Å². The summed E-state index contributed by atoms with van der Waals surface area (Å²) < 4.78 is 62.3. The Balaban J connectivity index is 1.66. The molecule has 0 heterocycles. The van der Waals surface area contributed by atoms with Gasteiger partial charge in [-0.25, -0.2) is 0 Å². The fourth-order valence-corrected chi connectivity index (χ4v) is 3.76. The molecule has 0 aliphatic heterocycles. The van der Waals surface area contributed by atoms with Crippen molar-refractivity contribution >= 4 is 20.2 Å². The predicted molar refractivity (Wildman–Crippen MR) is 105 cm³/mol. The Hall–Kier alpha value is -2.52. The van der Waals surface area contributed by atoms with Gasteiger partial charge < -0.3 is 0 Å². The second-order valence-corrected chi connectivity index (χ2v) is 9.25. The Morgan fingerprint density at radius 2 is 0.679 bits per heavy atom. The van der Waals surface area contributed by atoms with Crippen LogP contribution in [-0.2, 0) is 33.1 Å². The zero-order valence-corrected chi connectivity index (χ0v) is 16.3. The van der Waals surface area contributed by atoms with E-state index in [0.29, 0.717) is 12.8 Å². The van der Waals surface area contributed by atoms with Crippen LogP contribution in [-0.4, -0.2) is 25.9 Å². The lowest BCUT2D eigenvalue weighted by molar-refractivity contribution is 0.481. The molecular formula is C20H18O6S2. The number of hydrogen-bond acceptors (Lipinski definition) is 4. The predicted octanol–water partition coefficient (Wildman–Crippen LogP) is 3.36. The molecule has 0 aliphatic carbocycles. The SMILES string of the molecule is O=S(=O)(O)c1ccc(Cc2ccc(Cc3ccc(S(=O)(=O)O)cc3)cc2)cc1. The van der Waals surface area contributed by atoms with Gasteiger partial charge >= 0.3 is 0 Å². The van der Waals surface area contributed by atoms with Gasteiger partial charge in [-0.05, 0) is 59.4 Å². The average Bonchev–Trinajstić information content (AvgIpc) is 2.63. The minimum absolute atomic E-state index is 0.133. The van der Waals surface area contributed by atoms with E-state index < -0.39 is 20.2 Å². The molecule has 0 spiro atoms. The van der Waals surface area contributed by atoms with Crippen molar-refractivity contribution in [1.29, 1.82) is 0 Å². The minimum Gasteiger partial charge on any atom is -0.282 e. The lowest BCUT2D eigenvalue weighted by Crippen LogP contribution is -1.98. The highest BCUT2D eigenvalue weighted by molar-refractivity contribution is 7.86. The van der Waals surface area contributed by atoms with E-state index in [1.54, 1.807) is 24.3 Å². The molecule has 146 valence electrons. The van der Waals surface area contributed by atoms with Gasteiger partial charge in [0, 0.05) is 0 Å². The number of rotatable bonds is 6. The molecule has 2 N–H and O–H groups in total. The molecule has 0 unspecified atom stereocenters. The van der Waals surface area contributed by atoms with E-state index in [4.69, 9.17) is 9.11 Å². The summed E-state index contributed by atoms with van der Waals surface area (Å²) in [5, 5.41) is 0. The first-order valence-electron chi connectivity index (χ1n) is 8.32. The number of hydrogen-bond donors (Lipinski definition) is 2. The third-order valence-corrected chi connectivity index (χ3v) is 6.02. The highest BCUT2D eigenvalue weighted by atomic mass is 32.2. The van der Waals surface area contributed by atoms with Gasteiger partial charge in [0.1, 0.15) is 0 Å². The molecule has 0 saturated heterocycles. The second kappa shape index (κ2) is 7.84. The van der Waals surface area contributed by atoms with Crippen molar-refractivity contribution in [3.05, 3.63) is 95.1 Å². The molecule has 0 fully saturated rings. The molecule has 0 amide bonds. The molecule has 0 saturated carbocycles. The van der Waals surface area contributed by atoms with Gasteiger partial charge in [0.25, 0.3) is 20.2 Å². The van der Waals surface area contributed by atoms with Crippen LogP contribution in [0.5, 0.6) is 0 Å². The molecule has 8 heteroatoms. The smallest absolute Gasteiger partial charge is 0.282 e. The monoisotopic (exact) mass is 418 g/mol. The van der Waals surface area contributed by atoms with E-state index in [-0.39, 0.29) is 9.79 Å². The van der Waals surface area contributed by atoms with Gasteiger partial charge in [0.15, 0.2) is 0 Å². The number of benzene rings is 3. The van der Waals surface area contributed by atoms with E-state index in [0.717, 1.165) is 22.3 Å². The second-order valence-electron chi connectivity index (χ2n) is 6.41. The van der Waals surface area contributed by atoms with Crippen LogP contribution in [0.3, 0.4) is 0 Å². The molecule has 3 aromatic rings. The van der Waals surface area contributed by atoms with Gasteiger partial charge in [-0.3, -0.25) is 9.11 Å². The summed E-state index contributed by atoms with van der Waals surface area (Å²) in [6, 6.07) is 20.0. The van der Waals surface area contributed by atoms with Crippen LogP contribution in [0.2, 0.25) is 0 Å². The third-order valence-electron chi connectivity index (χ3n) is 4.28. The van der Waals surface area contributed by atoms with E-state index in [1.165, 1.54) is 24.3 Å². The lowest BCUT2D eigenvalue weighted by atomic mass is 10.0. The first kappa shape index (κ1) is 20.2. The molecule has 0 bridgehead atoms. The molecule has 0 aliphatic rings. The first-order valence-corrected chi connectivity index (χ1v) is 11.2. The Bertz CT molecular complexity index is 1070. The maximum absolute atomic E-state index is 11.1. The van der Waals surface area contributed by atoms with Crippen molar-refractivity contribution < 1.29 is 25.9 Å².